The first kappa shape index (κ1) is 10.5. The number of hydrogen-bond acceptors (Lipinski definition) is 2. The van der Waals surface area contributed by atoms with E-state index in [0.29, 0.717) is 12.1 Å². The maximum Gasteiger partial charge on any atom is 0.219 e. The third-order valence-corrected chi connectivity index (χ3v) is 2.54. The summed E-state index contributed by atoms with van der Waals surface area (Å²) in [6, 6.07) is 0.939. The Labute approximate surface area is 80.5 Å². The van der Waals surface area contributed by atoms with Crippen LogP contribution < -0.4 is 5.32 Å². The molecule has 1 aliphatic rings. The van der Waals surface area contributed by atoms with Crippen molar-refractivity contribution in [3.8, 4) is 0 Å². The van der Waals surface area contributed by atoms with Crippen LogP contribution in [-0.4, -0.2) is 36.0 Å². The Balaban J connectivity index is 2.35. The summed E-state index contributed by atoms with van der Waals surface area (Å²) in [6.07, 6.45) is 2.31. The summed E-state index contributed by atoms with van der Waals surface area (Å²) in [6.45, 7) is 7.81. The molecule has 3 nitrogen and oxygen atoms in total. The second-order valence-electron chi connectivity index (χ2n) is 4.07. The molecule has 1 aliphatic heterocycles. The quantitative estimate of drug-likeness (QED) is 0.709. The molecule has 1 N–H and O–H groups in total. The molecule has 0 bridgehead atoms. The molecule has 0 aromatic heterocycles. The van der Waals surface area contributed by atoms with Crippen LogP contribution in [0.25, 0.3) is 0 Å². The fourth-order valence-corrected chi connectivity index (χ4v) is 1.83. The normalized spacial score (nSPS) is 22.8. The van der Waals surface area contributed by atoms with Crippen molar-refractivity contribution in [1.29, 1.82) is 0 Å². The Bertz CT molecular complexity index is 180. The van der Waals surface area contributed by atoms with Crippen LogP contribution in [-0.2, 0) is 4.79 Å². The van der Waals surface area contributed by atoms with E-state index in [0.717, 1.165) is 25.9 Å². The molecule has 0 unspecified atom stereocenters. The van der Waals surface area contributed by atoms with Gasteiger partial charge in [0.25, 0.3) is 0 Å². The summed E-state index contributed by atoms with van der Waals surface area (Å²) in [5.41, 5.74) is 0. The van der Waals surface area contributed by atoms with Gasteiger partial charge < -0.3 is 10.2 Å². The van der Waals surface area contributed by atoms with Crippen LogP contribution in [0.1, 0.15) is 33.6 Å². The lowest BCUT2D eigenvalue weighted by Gasteiger charge is -2.24. The van der Waals surface area contributed by atoms with Crippen molar-refractivity contribution in [2.45, 2.75) is 45.7 Å². The Hall–Kier alpha value is -0.570. The van der Waals surface area contributed by atoms with Gasteiger partial charge in [-0.2, -0.15) is 0 Å². The average molecular weight is 184 g/mol. The minimum absolute atomic E-state index is 0.216. The van der Waals surface area contributed by atoms with Gasteiger partial charge in [-0.25, -0.2) is 0 Å². The Morgan fingerprint density at radius 1 is 1.62 bits per heavy atom. The molecule has 1 amide bonds. The Morgan fingerprint density at radius 2 is 2.31 bits per heavy atom. The van der Waals surface area contributed by atoms with Crippen molar-refractivity contribution in [1.82, 2.24) is 10.2 Å². The number of rotatable bonds is 3. The highest BCUT2D eigenvalue weighted by Crippen LogP contribution is 2.16. The molecular formula is C10H20N2O. The monoisotopic (exact) mass is 184 g/mol. The van der Waals surface area contributed by atoms with Crippen molar-refractivity contribution in [2.75, 3.05) is 13.1 Å². The van der Waals surface area contributed by atoms with E-state index >= 15 is 0 Å². The van der Waals surface area contributed by atoms with Crippen LogP contribution in [0.2, 0.25) is 0 Å². The molecule has 0 aliphatic carbocycles. The molecule has 1 rings (SSSR count). The molecule has 76 valence electrons. The van der Waals surface area contributed by atoms with E-state index in [9.17, 15) is 4.79 Å². The van der Waals surface area contributed by atoms with Crippen LogP contribution >= 0.6 is 0 Å². The molecule has 0 aromatic rings. The first-order valence-electron chi connectivity index (χ1n) is 5.12. The molecule has 1 heterocycles. The van der Waals surface area contributed by atoms with Crippen LogP contribution in [0.4, 0.5) is 0 Å². The molecule has 0 radical (unpaired) electrons. The third-order valence-electron chi connectivity index (χ3n) is 2.54. The topological polar surface area (TPSA) is 32.3 Å². The van der Waals surface area contributed by atoms with Crippen molar-refractivity contribution in [3.05, 3.63) is 0 Å². The molecule has 1 saturated heterocycles. The zero-order valence-electron chi connectivity index (χ0n) is 8.84. The molecule has 13 heavy (non-hydrogen) atoms. The van der Waals surface area contributed by atoms with Crippen LogP contribution in [0.3, 0.4) is 0 Å². The lowest BCUT2D eigenvalue weighted by molar-refractivity contribution is -0.129. The largest absolute Gasteiger partial charge is 0.339 e. The second-order valence-corrected chi connectivity index (χ2v) is 4.07. The number of hydrogen-bond donors (Lipinski definition) is 1. The number of carbonyl (C=O) groups excluding carboxylic acids is 1. The first-order valence-corrected chi connectivity index (χ1v) is 5.12. The summed E-state index contributed by atoms with van der Waals surface area (Å²) in [4.78, 5) is 13.2. The minimum atomic E-state index is 0.216. The van der Waals surface area contributed by atoms with E-state index in [2.05, 4.69) is 19.2 Å². The molecule has 0 spiro atoms. The molecule has 3 heteroatoms. The standard InChI is InChI=1S/C10H20N2O/c1-8(2)11-7-10-5-4-6-12(10)9(3)13/h8,10-11H,4-7H2,1-3H3/t10-/m0/s1. The van der Waals surface area contributed by atoms with Gasteiger partial charge in [0, 0.05) is 32.1 Å². The van der Waals surface area contributed by atoms with Crippen molar-refractivity contribution < 1.29 is 4.79 Å². The van der Waals surface area contributed by atoms with Gasteiger partial charge in [0.1, 0.15) is 0 Å². The Morgan fingerprint density at radius 3 is 2.85 bits per heavy atom. The summed E-state index contributed by atoms with van der Waals surface area (Å²) in [5, 5.41) is 3.38. The highest BCUT2D eigenvalue weighted by Gasteiger charge is 2.25. The zero-order valence-corrected chi connectivity index (χ0v) is 8.84. The van der Waals surface area contributed by atoms with E-state index in [1.54, 1.807) is 6.92 Å². The van der Waals surface area contributed by atoms with E-state index in [1.165, 1.54) is 0 Å². The SMILES string of the molecule is CC(=O)N1CCC[C@H]1CNC(C)C. The molecule has 1 fully saturated rings. The number of nitrogens with one attached hydrogen (secondary N) is 1. The average Bonchev–Trinajstić information content (AvgIpc) is 2.47. The maximum absolute atomic E-state index is 11.2. The lowest BCUT2D eigenvalue weighted by atomic mass is 10.2. The number of amides is 1. The van der Waals surface area contributed by atoms with E-state index in [1.807, 2.05) is 4.90 Å². The van der Waals surface area contributed by atoms with E-state index < -0.39 is 0 Å². The zero-order chi connectivity index (χ0) is 9.84. The van der Waals surface area contributed by atoms with Crippen molar-refractivity contribution >= 4 is 5.91 Å². The predicted octanol–water partition coefficient (Wildman–Crippen LogP) is 0.995. The molecule has 0 aromatic carbocycles. The van der Waals surface area contributed by atoms with Gasteiger partial charge >= 0.3 is 0 Å². The fraction of sp³-hybridized carbons (Fsp3) is 0.900. The first-order chi connectivity index (χ1) is 6.11. The van der Waals surface area contributed by atoms with Crippen molar-refractivity contribution in [2.24, 2.45) is 0 Å². The van der Waals surface area contributed by atoms with Gasteiger partial charge in [0.15, 0.2) is 0 Å². The summed E-state index contributed by atoms with van der Waals surface area (Å²) in [7, 11) is 0. The van der Waals surface area contributed by atoms with Gasteiger partial charge in [-0.1, -0.05) is 13.8 Å². The maximum atomic E-state index is 11.2. The lowest BCUT2D eigenvalue weighted by Crippen LogP contribution is -2.42. The van der Waals surface area contributed by atoms with E-state index in [4.69, 9.17) is 0 Å². The molecule has 0 saturated carbocycles. The highest BCUT2D eigenvalue weighted by atomic mass is 16.2. The van der Waals surface area contributed by atoms with Gasteiger partial charge in [-0.05, 0) is 12.8 Å². The number of likely N-dealkylation sites (tertiary alicyclic amines) is 1. The van der Waals surface area contributed by atoms with Gasteiger partial charge in [-0.3, -0.25) is 4.79 Å². The van der Waals surface area contributed by atoms with Crippen LogP contribution in [0.15, 0.2) is 0 Å². The summed E-state index contributed by atoms with van der Waals surface area (Å²) < 4.78 is 0. The Kier molecular flexibility index (Phi) is 3.72. The number of nitrogens with zero attached hydrogens (tertiary/aromatic N) is 1. The number of carbonyl (C=O) groups is 1. The summed E-state index contributed by atoms with van der Waals surface area (Å²) >= 11 is 0. The minimum Gasteiger partial charge on any atom is -0.339 e. The predicted molar refractivity (Wildman–Crippen MR) is 53.5 cm³/mol. The molecular weight excluding hydrogens is 164 g/mol. The van der Waals surface area contributed by atoms with Gasteiger partial charge in [-0.15, -0.1) is 0 Å². The summed E-state index contributed by atoms with van der Waals surface area (Å²) in [5.74, 6) is 0.216. The highest BCUT2D eigenvalue weighted by molar-refractivity contribution is 5.73. The van der Waals surface area contributed by atoms with Gasteiger partial charge in [0.2, 0.25) is 5.91 Å². The van der Waals surface area contributed by atoms with Crippen LogP contribution in [0.5, 0.6) is 0 Å². The fourth-order valence-electron chi connectivity index (χ4n) is 1.83. The third kappa shape index (κ3) is 2.99. The smallest absolute Gasteiger partial charge is 0.219 e. The van der Waals surface area contributed by atoms with Gasteiger partial charge in [0.05, 0.1) is 0 Å². The second kappa shape index (κ2) is 4.61. The molecule has 1 atom stereocenters. The van der Waals surface area contributed by atoms with E-state index in [-0.39, 0.29) is 5.91 Å². The van der Waals surface area contributed by atoms with Crippen LogP contribution in [0, 0.1) is 0 Å². The van der Waals surface area contributed by atoms with Crippen molar-refractivity contribution in [3.63, 3.8) is 0 Å².